The molecule has 1 aliphatic rings. The zero-order valence-corrected chi connectivity index (χ0v) is 10.2. The van der Waals surface area contributed by atoms with E-state index in [0.29, 0.717) is 11.5 Å². The smallest absolute Gasteiger partial charge is 0.0115 e. The third-order valence-electron chi connectivity index (χ3n) is 3.42. The maximum atomic E-state index is 3.47. The van der Waals surface area contributed by atoms with Gasteiger partial charge in [0.2, 0.25) is 0 Å². The molecule has 2 N–H and O–H groups in total. The van der Waals surface area contributed by atoms with Crippen LogP contribution in [0.15, 0.2) is 0 Å². The molecule has 0 spiro atoms. The highest BCUT2D eigenvalue weighted by atomic mass is 14.9. The van der Waals surface area contributed by atoms with E-state index in [2.05, 4.69) is 38.5 Å². The highest BCUT2D eigenvalue weighted by Gasteiger charge is 2.26. The van der Waals surface area contributed by atoms with Gasteiger partial charge < -0.3 is 10.6 Å². The molecule has 0 bridgehead atoms. The van der Waals surface area contributed by atoms with Crippen molar-refractivity contribution in [1.82, 2.24) is 10.6 Å². The summed E-state index contributed by atoms with van der Waals surface area (Å²) in [6, 6.07) is 0.658. The zero-order valence-electron chi connectivity index (χ0n) is 10.2. The maximum absolute atomic E-state index is 3.47. The van der Waals surface area contributed by atoms with Crippen molar-refractivity contribution in [3.8, 4) is 0 Å². The van der Waals surface area contributed by atoms with Gasteiger partial charge in [0.1, 0.15) is 0 Å². The second-order valence-electron chi connectivity index (χ2n) is 5.64. The zero-order chi connectivity index (χ0) is 10.6. The molecule has 1 fully saturated rings. The third kappa shape index (κ3) is 3.58. The summed E-state index contributed by atoms with van der Waals surface area (Å²) in [5, 5.41) is 6.89. The van der Waals surface area contributed by atoms with Gasteiger partial charge in [0.15, 0.2) is 0 Å². The van der Waals surface area contributed by atoms with Crippen molar-refractivity contribution in [2.45, 2.75) is 46.1 Å². The topological polar surface area (TPSA) is 24.1 Å². The molecule has 0 aromatic rings. The Hall–Kier alpha value is -0.0800. The predicted molar refractivity (Wildman–Crippen MR) is 62.5 cm³/mol. The van der Waals surface area contributed by atoms with Crippen molar-refractivity contribution in [2.75, 3.05) is 20.1 Å². The van der Waals surface area contributed by atoms with Crippen molar-refractivity contribution >= 4 is 0 Å². The molecule has 2 heteroatoms. The van der Waals surface area contributed by atoms with Crippen LogP contribution < -0.4 is 10.6 Å². The normalized spacial score (nSPS) is 22.3. The van der Waals surface area contributed by atoms with Gasteiger partial charge in [-0.25, -0.2) is 0 Å². The Morgan fingerprint density at radius 2 is 1.86 bits per heavy atom. The largest absolute Gasteiger partial charge is 0.317 e. The summed E-state index contributed by atoms with van der Waals surface area (Å²) in [7, 11) is 2.09. The van der Waals surface area contributed by atoms with E-state index in [1.807, 2.05) is 0 Å². The molecule has 1 rings (SSSR count). The van der Waals surface area contributed by atoms with Gasteiger partial charge >= 0.3 is 0 Å². The van der Waals surface area contributed by atoms with Gasteiger partial charge in [0.05, 0.1) is 0 Å². The average Bonchev–Trinajstić information content (AvgIpc) is 2.14. The molecule has 0 aromatic carbocycles. The standard InChI is InChI=1S/C12H26N2/c1-12(2,3)11(13-4)9-10-5-7-14-8-6-10/h10-11,13-14H,5-9H2,1-4H3. The van der Waals surface area contributed by atoms with E-state index in [0.717, 1.165) is 5.92 Å². The van der Waals surface area contributed by atoms with Gasteiger partial charge in [-0.1, -0.05) is 20.8 Å². The molecule has 14 heavy (non-hydrogen) atoms. The van der Waals surface area contributed by atoms with Crippen LogP contribution in [0.25, 0.3) is 0 Å². The molecular formula is C12H26N2. The van der Waals surface area contributed by atoms with E-state index in [1.54, 1.807) is 0 Å². The van der Waals surface area contributed by atoms with E-state index in [4.69, 9.17) is 0 Å². The van der Waals surface area contributed by atoms with E-state index < -0.39 is 0 Å². The van der Waals surface area contributed by atoms with Gasteiger partial charge in [0, 0.05) is 6.04 Å². The lowest BCUT2D eigenvalue weighted by molar-refractivity contribution is 0.215. The fraction of sp³-hybridized carbons (Fsp3) is 1.00. The van der Waals surface area contributed by atoms with Crippen molar-refractivity contribution < 1.29 is 0 Å². The Kier molecular flexibility index (Phi) is 4.39. The summed E-state index contributed by atoms with van der Waals surface area (Å²) < 4.78 is 0. The Morgan fingerprint density at radius 1 is 1.29 bits per heavy atom. The first-order valence-corrected chi connectivity index (χ1v) is 5.92. The summed E-state index contributed by atoms with van der Waals surface area (Å²) in [5.74, 6) is 0.924. The molecule has 1 unspecified atom stereocenters. The minimum absolute atomic E-state index is 0.389. The third-order valence-corrected chi connectivity index (χ3v) is 3.42. The van der Waals surface area contributed by atoms with Crippen LogP contribution in [0.2, 0.25) is 0 Å². The fourth-order valence-corrected chi connectivity index (χ4v) is 2.36. The van der Waals surface area contributed by atoms with Gasteiger partial charge in [-0.15, -0.1) is 0 Å². The molecule has 0 amide bonds. The number of hydrogen-bond donors (Lipinski definition) is 2. The van der Waals surface area contributed by atoms with E-state index in [9.17, 15) is 0 Å². The highest BCUT2D eigenvalue weighted by molar-refractivity contribution is 4.83. The number of nitrogens with one attached hydrogen (secondary N) is 2. The minimum Gasteiger partial charge on any atom is -0.317 e. The van der Waals surface area contributed by atoms with Crippen molar-refractivity contribution in [2.24, 2.45) is 11.3 Å². The van der Waals surface area contributed by atoms with Gasteiger partial charge in [-0.05, 0) is 50.7 Å². The molecule has 84 valence electrons. The molecule has 1 heterocycles. The summed E-state index contributed by atoms with van der Waals surface area (Å²) in [6.07, 6.45) is 4.05. The Balaban J connectivity index is 2.39. The molecule has 0 aliphatic carbocycles. The first kappa shape index (κ1) is 12.0. The van der Waals surface area contributed by atoms with Gasteiger partial charge in [-0.3, -0.25) is 0 Å². The lowest BCUT2D eigenvalue weighted by atomic mass is 9.79. The summed E-state index contributed by atoms with van der Waals surface area (Å²) >= 11 is 0. The maximum Gasteiger partial charge on any atom is 0.0115 e. The highest BCUT2D eigenvalue weighted by Crippen LogP contribution is 2.27. The molecule has 2 nitrogen and oxygen atoms in total. The molecular weight excluding hydrogens is 172 g/mol. The van der Waals surface area contributed by atoms with Crippen LogP contribution in [0.1, 0.15) is 40.0 Å². The van der Waals surface area contributed by atoms with Crippen molar-refractivity contribution in [1.29, 1.82) is 0 Å². The lowest BCUT2D eigenvalue weighted by Gasteiger charge is -2.34. The molecule has 0 aromatic heterocycles. The summed E-state index contributed by atoms with van der Waals surface area (Å²) in [6.45, 7) is 9.41. The second-order valence-corrected chi connectivity index (χ2v) is 5.64. The Labute approximate surface area is 88.8 Å². The summed E-state index contributed by atoms with van der Waals surface area (Å²) in [4.78, 5) is 0. The number of hydrogen-bond acceptors (Lipinski definition) is 2. The van der Waals surface area contributed by atoms with Crippen LogP contribution in [-0.4, -0.2) is 26.2 Å². The van der Waals surface area contributed by atoms with Crippen LogP contribution in [0.4, 0.5) is 0 Å². The lowest BCUT2D eigenvalue weighted by Crippen LogP contribution is -2.41. The fourth-order valence-electron chi connectivity index (χ4n) is 2.36. The van der Waals surface area contributed by atoms with Crippen LogP contribution in [0.3, 0.4) is 0 Å². The average molecular weight is 198 g/mol. The second kappa shape index (κ2) is 5.13. The monoisotopic (exact) mass is 198 g/mol. The SMILES string of the molecule is CNC(CC1CCNCC1)C(C)(C)C. The number of rotatable bonds is 3. The Morgan fingerprint density at radius 3 is 2.29 bits per heavy atom. The molecule has 0 saturated carbocycles. The molecule has 1 atom stereocenters. The molecule has 0 radical (unpaired) electrons. The molecule has 1 saturated heterocycles. The van der Waals surface area contributed by atoms with Crippen LogP contribution in [0.5, 0.6) is 0 Å². The quantitative estimate of drug-likeness (QED) is 0.725. The summed E-state index contributed by atoms with van der Waals surface area (Å²) in [5.41, 5.74) is 0.389. The Bertz CT molecular complexity index is 154. The predicted octanol–water partition coefficient (Wildman–Crippen LogP) is 2.01. The van der Waals surface area contributed by atoms with Gasteiger partial charge in [-0.2, -0.15) is 0 Å². The van der Waals surface area contributed by atoms with E-state index in [1.165, 1.54) is 32.4 Å². The van der Waals surface area contributed by atoms with Crippen LogP contribution >= 0.6 is 0 Å². The van der Waals surface area contributed by atoms with E-state index in [-0.39, 0.29) is 0 Å². The van der Waals surface area contributed by atoms with E-state index >= 15 is 0 Å². The molecule has 1 aliphatic heterocycles. The number of piperidine rings is 1. The minimum atomic E-state index is 0.389. The first-order valence-electron chi connectivity index (χ1n) is 5.92. The van der Waals surface area contributed by atoms with Gasteiger partial charge in [0.25, 0.3) is 0 Å². The van der Waals surface area contributed by atoms with Crippen LogP contribution in [-0.2, 0) is 0 Å². The first-order chi connectivity index (χ1) is 6.54. The van der Waals surface area contributed by atoms with Crippen molar-refractivity contribution in [3.63, 3.8) is 0 Å². The van der Waals surface area contributed by atoms with Crippen molar-refractivity contribution in [3.05, 3.63) is 0 Å². The van der Waals surface area contributed by atoms with Crippen LogP contribution in [0, 0.1) is 11.3 Å².